The van der Waals surface area contributed by atoms with Crippen molar-refractivity contribution in [3.05, 3.63) is 29.1 Å². The quantitative estimate of drug-likeness (QED) is 0.532. The molecule has 2 aliphatic carbocycles. The second-order valence-electron chi connectivity index (χ2n) is 9.36. The second-order valence-corrected chi connectivity index (χ2v) is 9.36. The highest BCUT2D eigenvalue weighted by Crippen LogP contribution is 2.47. The molecule has 3 aliphatic rings. The molecule has 4 heteroatoms. The molecule has 1 aromatic carbocycles. The molecule has 1 unspecified atom stereocenters. The van der Waals surface area contributed by atoms with E-state index >= 15 is 4.39 Å². The Morgan fingerprint density at radius 2 is 1.48 bits per heavy atom. The van der Waals surface area contributed by atoms with E-state index in [1.54, 1.807) is 6.07 Å². The van der Waals surface area contributed by atoms with E-state index in [4.69, 9.17) is 4.74 Å². The number of halogens is 3. The fourth-order valence-corrected chi connectivity index (χ4v) is 5.54. The summed E-state index contributed by atoms with van der Waals surface area (Å²) in [6.07, 6.45) is 6.41. The zero-order valence-electron chi connectivity index (χ0n) is 16.4. The summed E-state index contributed by atoms with van der Waals surface area (Å²) in [5.41, 5.74) is 1.15. The Hall–Kier alpha value is -1.19. The number of fused-ring (bicyclic) bond motifs is 1. The van der Waals surface area contributed by atoms with Crippen LogP contribution in [0.4, 0.5) is 13.2 Å². The van der Waals surface area contributed by atoms with Crippen molar-refractivity contribution in [2.45, 2.75) is 83.7 Å². The van der Waals surface area contributed by atoms with E-state index in [9.17, 15) is 8.78 Å². The summed E-state index contributed by atoms with van der Waals surface area (Å²) in [6.45, 7) is 3.79. The van der Waals surface area contributed by atoms with Crippen LogP contribution < -0.4 is 4.74 Å². The third-order valence-corrected chi connectivity index (χ3v) is 7.49. The predicted octanol–water partition coefficient (Wildman–Crippen LogP) is 7.09. The van der Waals surface area contributed by atoms with Crippen molar-refractivity contribution in [3.63, 3.8) is 0 Å². The Bertz CT molecular complexity index is 670. The second kappa shape index (κ2) is 7.33. The van der Waals surface area contributed by atoms with Gasteiger partial charge in [-0.25, -0.2) is 4.39 Å². The third kappa shape index (κ3) is 3.73. The summed E-state index contributed by atoms with van der Waals surface area (Å²) in [4.78, 5) is 0. The van der Waals surface area contributed by atoms with E-state index in [1.165, 1.54) is 32.6 Å². The van der Waals surface area contributed by atoms with Crippen LogP contribution in [-0.4, -0.2) is 6.11 Å². The first kappa shape index (κ1) is 19.1. The molecule has 0 bridgehead atoms. The highest BCUT2D eigenvalue weighted by atomic mass is 19.3. The molecule has 0 spiro atoms. The van der Waals surface area contributed by atoms with Crippen LogP contribution in [0.2, 0.25) is 0 Å². The van der Waals surface area contributed by atoms with Crippen LogP contribution in [0.25, 0.3) is 0 Å². The van der Waals surface area contributed by atoms with Crippen molar-refractivity contribution in [1.82, 2.24) is 0 Å². The fraction of sp³-hybridized carbons (Fsp3) is 0.739. The zero-order chi connectivity index (χ0) is 19.2. The summed E-state index contributed by atoms with van der Waals surface area (Å²) in [6, 6.07) is 3.62. The summed E-state index contributed by atoms with van der Waals surface area (Å²) in [5.74, 6) is 0.903. The van der Waals surface area contributed by atoms with Crippen molar-refractivity contribution in [2.24, 2.45) is 23.7 Å². The van der Waals surface area contributed by atoms with E-state index in [2.05, 4.69) is 6.92 Å². The number of benzene rings is 1. The molecule has 150 valence electrons. The molecule has 1 atom stereocenters. The van der Waals surface area contributed by atoms with Gasteiger partial charge < -0.3 is 4.74 Å². The van der Waals surface area contributed by atoms with Gasteiger partial charge in [0.2, 0.25) is 0 Å². The molecule has 0 saturated heterocycles. The van der Waals surface area contributed by atoms with Crippen molar-refractivity contribution in [1.29, 1.82) is 0 Å². The van der Waals surface area contributed by atoms with Gasteiger partial charge in [-0.3, -0.25) is 0 Å². The first-order chi connectivity index (χ1) is 12.8. The van der Waals surface area contributed by atoms with Crippen molar-refractivity contribution >= 4 is 0 Å². The van der Waals surface area contributed by atoms with Crippen LogP contribution in [0.3, 0.4) is 0 Å². The maximum Gasteiger partial charge on any atom is 0.400 e. The Morgan fingerprint density at radius 1 is 0.889 bits per heavy atom. The Morgan fingerprint density at radius 3 is 2.11 bits per heavy atom. The van der Waals surface area contributed by atoms with E-state index in [-0.39, 0.29) is 18.1 Å². The average Bonchev–Trinajstić information content (AvgIpc) is 2.65. The summed E-state index contributed by atoms with van der Waals surface area (Å²) in [5, 5.41) is 0. The molecule has 1 nitrogen and oxygen atoms in total. The van der Waals surface area contributed by atoms with Crippen molar-refractivity contribution in [3.8, 4) is 5.75 Å². The van der Waals surface area contributed by atoms with E-state index in [0.717, 1.165) is 43.4 Å². The minimum absolute atomic E-state index is 0.130. The summed E-state index contributed by atoms with van der Waals surface area (Å²) in [7, 11) is 0. The van der Waals surface area contributed by atoms with Crippen LogP contribution in [0.5, 0.6) is 5.75 Å². The average molecular weight is 380 g/mol. The maximum atomic E-state index is 15.0. The lowest BCUT2D eigenvalue weighted by atomic mass is 9.68. The van der Waals surface area contributed by atoms with Crippen molar-refractivity contribution in [2.75, 3.05) is 0 Å². The van der Waals surface area contributed by atoms with E-state index in [1.807, 2.05) is 6.07 Å². The van der Waals surface area contributed by atoms with Gasteiger partial charge in [-0.2, -0.15) is 8.78 Å². The van der Waals surface area contributed by atoms with Gasteiger partial charge in [-0.15, -0.1) is 0 Å². The lowest BCUT2D eigenvalue weighted by Gasteiger charge is -2.38. The molecule has 27 heavy (non-hydrogen) atoms. The van der Waals surface area contributed by atoms with Crippen LogP contribution in [0.15, 0.2) is 12.1 Å². The molecular formula is C23H31F3O. The van der Waals surface area contributed by atoms with Gasteiger partial charge >= 0.3 is 6.11 Å². The number of hydrogen-bond donors (Lipinski definition) is 0. The molecule has 2 fully saturated rings. The van der Waals surface area contributed by atoms with Gasteiger partial charge in [0.1, 0.15) is 0 Å². The molecule has 1 aromatic rings. The van der Waals surface area contributed by atoms with Crippen LogP contribution in [0.1, 0.15) is 82.3 Å². The van der Waals surface area contributed by atoms with E-state index < -0.39 is 17.8 Å². The number of rotatable bonds is 2. The van der Waals surface area contributed by atoms with Gasteiger partial charge in [0.05, 0.1) is 5.92 Å². The van der Waals surface area contributed by atoms with Crippen LogP contribution in [0, 0.1) is 29.5 Å². The largest absolute Gasteiger partial charge is 0.429 e. The van der Waals surface area contributed by atoms with E-state index in [0.29, 0.717) is 11.1 Å². The maximum absolute atomic E-state index is 15.0. The summed E-state index contributed by atoms with van der Waals surface area (Å²) >= 11 is 0. The third-order valence-electron chi connectivity index (χ3n) is 7.49. The number of alkyl halides is 2. The van der Waals surface area contributed by atoms with Gasteiger partial charge in [-0.05, 0) is 79.7 Å². The molecule has 0 amide bonds. The smallest absolute Gasteiger partial charge is 0.400 e. The SMILES string of the molecule is CC1CCC(C2CCC(c3ccc4c(c3F)OC(F)(F)C(C)C4)CC2)CC1. The number of hydrogen-bond acceptors (Lipinski definition) is 1. The summed E-state index contributed by atoms with van der Waals surface area (Å²) < 4.78 is 47.7. The van der Waals surface area contributed by atoms with Gasteiger partial charge in [0.15, 0.2) is 11.6 Å². The first-order valence-electron chi connectivity index (χ1n) is 10.7. The highest BCUT2D eigenvalue weighted by molar-refractivity contribution is 5.43. The standard InChI is InChI=1S/C23H31F3O/c1-14-3-5-16(6-4-14)17-7-9-18(10-8-17)20-12-11-19-13-15(2)23(25,26)27-22(19)21(20)24/h11-12,14-18H,3-10,13H2,1-2H3. The van der Waals surface area contributed by atoms with Crippen molar-refractivity contribution < 1.29 is 17.9 Å². The zero-order valence-corrected chi connectivity index (χ0v) is 16.4. The predicted molar refractivity (Wildman–Crippen MR) is 101 cm³/mol. The Labute approximate surface area is 160 Å². The number of ether oxygens (including phenoxy) is 1. The Kier molecular flexibility index (Phi) is 5.20. The van der Waals surface area contributed by atoms with Crippen LogP contribution in [-0.2, 0) is 6.42 Å². The van der Waals surface area contributed by atoms with Gasteiger partial charge in [-0.1, -0.05) is 38.8 Å². The Balaban J connectivity index is 1.45. The lowest BCUT2D eigenvalue weighted by Crippen LogP contribution is -2.38. The van der Waals surface area contributed by atoms with Crippen LogP contribution >= 0.6 is 0 Å². The minimum atomic E-state index is -3.29. The van der Waals surface area contributed by atoms with Gasteiger partial charge in [0, 0.05) is 0 Å². The highest BCUT2D eigenvalue weighted by Gasteiger charge is 2.45. The molecule has 0 N–H and O–H groups in total. The fourth-order valence-electron chi connectivity index (χ4n) is 5.54. The molecule has 0 radical (unpaired) electrons. The normalized spacial score (nSPS) is 36.0. The monoisotopic (exact) mass is 380 g/mol. The molecule has 4 rings (SSSR count). The molecule has 2 saturated carbocycles. The minimum Gasteiger partial charge on any atom is -0.429 e. The first-order valence-corrected chi connectivity index (χ1v) is 10.7. The molecule has 0 aromatic heterocycles. The topological polar surface area (TPSA) is 9.23 Å². The molecular weight excluding hydrogens is 349 g/mol. The lowest BCUT2D eigenvalue weighted by molar-refractivity contribution is -0.220. The molecule has 1 heterocycles. The van der Waals surface area contributed by atoms with Gasteiger partial charge in [0.25, 0.3) is 0 Å². The molecule has 1 aliphatic heterocycles.